The first-order chi connectivity index (χ1) is 9.49. The normalized spacial score (nSPS) is 10.4. The van der Waals surface area contributed by atoms with Crippen molar-refractivity contribution in [2.24, 2.45) is 0 Å². The van der Waals surface area contributed by atoms with Gasteiger partial charge in [0.25, 0.3) is 0 Å². The van der Waals surface area contributed by atoms with Crippen molar-refractivity contribution in [2.45, 2.75) is 6.54 Å². The van der Waals surface area contributed by atoms with E-state index in [1.165, 1.54) is 0 Å². The quantitative estimate of drug-likeness (QED) is 0.788. The van der Waals surface area contributed by atoms with Gasteiger partial charge in [0.2, 0.25) is 0 Å². The van der Waals surface area contributed by atoms with Crippen molar-refractivity contribution in [2.75, 3.05) is 24.3 Å². The van der Waals surface area contributed by atoms with E-state index in [0.717, 1.165) is 21.4 Å². The third kappa shape index (κ3) is 3.46. The minimum absolute atomic E-state index is 0.279. The van der Waals surface area contributed by atoms with Crippen LogP contribution in [0.1, 0.15) is 5.56 Å². The van der Waals surface area contributed by atoms with Crippen LogP contribution in [0.2, 0.25) is 0 Å². The molecule has 0 saturated heterocycles. The standard InChI is InChI=1S/C15H16Br2N2O/c1-19(2)14-7-6-11(16)8-13(14)18-9-10-4-3-5-12(17)15(10)20/h3-8,18,20H,9H2,1-2H3. The van der Waals surface area contributed by atoms with Crippen molar-refractivity contribution in [1.82, 2.24) is 0 Å². The van der Waals surface area contributed by atoms with Crippen molar-refractivity contribution < 1.29 is 5.11 Å². The fraction of sp³-hybridized carbons (Fsp3) is 0.200. The Morgan fingerprint density at radius 1 is 1.15 bits per heavy atom. The molecule has 0 unspecified atom stereocenters. The van der Waals surface area contributed by atoms with Crippen LogP contribution >= 0.6 is 31.9 Å². The maximum absolute atomic E-state index is 10.0. The lowest BCUT2D eigenvalue weighted by Crippen LogP contribution is -2.12. The van der Waals surface area contributed by atoms with Gasteiger partial charge in [-0.1, -0.05) is 28.1 Å². The van der Waals surface area contributed by atoms with Gasteiger partial charge in [0, 0.05) is 30.7 Å². The molecule has 2 aromatic carbocycles. The largest absolute Gasteiger partial charge is 0.506 e. The highest BCUT2D eigenvalue weighted by Gasteiger charge is 2.08. The molecular formula is C15H16Br2N2O. The molecule has 0 bridgehead atoms. The molecule has 3 nitrogen and oxygen atoms in total. The monoisotopic (exact) mass is 398 g/mol. The Kier molecular flexibility index (Phi) is 4.94. The highest BCUT2D eigenvalue weighted by molar-refractivity contribution is 9.10. The molecule has 0 radical (unpaired) electrons. The van der Waals surface area contributed by atoms with Crippen LogP contribution in [-0.4, -0.2) is 19.2 Å². The van der Waals surface area contributed by atoms with Gasteiger partial charge in [-0.15, -0.1) is 0 Å². The predicted octanol–water partition coefficient (Wildman–Crippen LogP) is 4.60. The first-order valence-electron chi connectivity index (χ1n) is 6.16. The van der Waals surface area contributed by atoms with E-state index in [1.807, 2.05) is 50.5 Å². The molecule has 5 heteroatoms. The second-order valence-electron chi connectivity index (χ2n) is 4.66. The summed E-state index contributed by atoms with van der Waals surface area (Å²) in [5.74, 6) is 0.279. The average Bonchev–Trinajstić information content (AvgIpc) is 2.40. The smallest absolute Gasteiger partial charge is 0.134 e. The molecule has 2 rings (SSSR count). The molecule has 0 aliphatic heterocycles. The van der Waals surface area contributed by atoms with E-state index in [1.54, 1.807) is 0 Å². The summed E-state index contributed by atoms with van der Waals surface area (Å²) in [6.07, 6.45) is 0. The highest BCUT2D eigenvalue weighted by atomic mass is 79.9. The van der Waals surface area contributed by atoms with E-state index in [-0.39, 0.29) is 5.75 Å². The molecule has 0 aromatic heterocycles. The molecule has 0 spiro atoms. The number of halogens is 2. The lowest BCUT2D eigenvalue weighted by molar-refractivity contribution is 0.465. The lowest BCUT2D eigenvalue weighted by atomic mass is 10.2. The molecule has 0 saturated carbocycles. The Labute approximate surface area is 135 Å². The number of para-hydroxylation sites is 1. The molecule has 0 aliphatic rings. The third-order valence-electron chi connectivity index (χ3n) is 2.98. The molecule has 0 atom stereocenters. The third-order valence-corrected chi connectivity index (χ3v) is 4.11. The number of nitrogens with zero attached hydrogens (tertiary/aromatic N) is 1. The molecule has 0 heterocycles. The summed E-state index contributed by atoms with van der Waals surface area (Å²) < 4.78 is 1.72. The number of phenols is 1. The maximum Gasteiger partial charge on any atom is 0.134 e. The van der Waals surface area contributed by atoms with Gasteiger partial charge in [-0.05, 0) is 40.2 Å². The number of hydrogen-bond donors (Lipinski definition) is 2. The summed E-state index contributed by atoms with van der Waals surface area (Å²) in [6, 6.07) is 11.7. The summed E-state index contributed by atoms with van der Waals surface area (Å²) in [4.78, 5) is 2.05. The van der Waals surface area contributed by atoms with Gasteiger partial charge < -0.3 is 15.3 Å². The summed E-state index contributed by atoms with van der Waals surface area (Å²) in [5, 5.41) is 13.4. The van der Waals surface area contributed by atoms with E-state index in [0.29, 0.717) is 11.0 Å². The Hall–Kier alpha value is -1.20. The zero-order chi connectivity index (χ0) is 14.7. The number of aromatic hydroxyl groups is 1. The lowest BCUT2D eigenvalue weighted by Gasteiger charge is -2.19. The van der Waals surface area contributed by atoms with Crippen molar-refractivity contribution >= 4 is 43.2 Å². The van der Waals surface area contributed by atoms with Crippen molar-refractivity contribution in [1.29, 1.82) is 0 Å². The number of phenolic OH excluding ortho intramolecular Hbond substituents is 1. The van der Waals surface area contributed by atoms with Crippen LogP contribution in [0.4, 0.5) is 11.4 Å². The predicted molar refractivity (Wildman–Crippen MR) is 91.6 cm³/mol. The Bertz CT molecular complexity index is 615. The van der Waals surface area contributed by atoms with Crippen LogP contribution < -0.4 is 10.2 Å². The Morgan fingerprint density at radius 3 is 2.60 bits per heavy atom. The van der Waals surface area contributed by atoms with Gasteiger partial charge in [-0.3, -0.25) is 0 Å². The van der Waals surface area contributed by atoms with Crippen molar-refractivity contribution in [3.63, 3.8) is 0 Å². The van der Waals surface area contributed by atoms with Crippen LogP contribution in [0.25, 0.3) is 0 Å². The van der Waals surface area contributed by atoms with E-state index < -0.39 is 0 Å². The number of benzene rings is 2. The van der Waals surface area contributed by atoms with Gasteiger partial charge in [0.05, 0.1) is 15.8 Å². The first kappa shape index (κ1) is 15.2. The first-order valence-corrected chi connectivity index (χ1v) is 7.74. The fourth-order valence-corrected chi connectivity index (χ4v) is 2.70. The molecule has 0 aliphatic carbocycles. The van der Waals surface area contributed by atoms with Crippen LogP contribution in [0.5, 0.6) is 5.75 Å². The summed E-state index contributed by atoms with van der Waals surface area (Å²) in [7, 11) is 4.01. The van der Waals surface area contributed by atoms with Crippen LogP contribution in [0.3, 0.4) is 0 Å². The zero-order valence-electron chi connectivity index (χ0n) is 11.3. The number of rotatable bonds is 4. The molecule has 2 aromatic rings. The Morgan fingerprint density at radius 2 is 1.90 bits per heavy atom. The second kappa shape index (κ2) is 6.50. The second-order valence-corrected chi connectivity index (χ2v) is 6.43. The van der Waals surface area contributed by atoms with E-state index in [9.17, 15) is 5.11 Å². The van der Waals surface area contributed by atoms with Crippen LogP contribution in [0, 0.1) is 0 Å². The maximum atomic E-state index is 10.0. The average molecular weight is 400 g/mol. The molecule has 106 valence electrons. The van der Waals surface area contributed by atoms with E-state index in [2.05, 4.69) is 42.1 Å². The molecule has 0 amide bonds. The Balaban J connectivity index is 2.22. The number of anilines is 2. The summed E-state index contributed by atoms with van der Waals surface area (Å²) in [6.45, 7) is 0.558. The molecule has 0 fully saturated rings. The van der Waals surface area contributed by atoms with Crippen LogP contribution in [0.15, 0.2) is 45.3 Å². The number of nitrogens with one attached hydrogen (secondary N) is 1. The summed E-state index contributed by atoms with van der Waals surface area (Å²) in [5.41, 5.74) is 2.97. The molecule has 2 N–H and O–H groups in total. The van der Waals surface area contributed by atoms with Crippen molar-refractivity contribution in [3.05, 3.63) is 50.9 Å². The van der Waals surface area contributed by atoms with Crippen LogP contribution in [-0.2, 0) is 6.54 Å². The molecule has 20 heavy (non-hydrogen) atoms. The summed E-state index contributed by atoms with van der Waals surface area (Å²) >= 11 is 6.81. The fourth-order valence-electron chi connectivity index (χ4n) is 1.93. The minimum atomic E-state index is 0.279. The van der Waals surface area contributed by atoms with Gasteiger partial charge in [-0.25, -0.2) is 0 Å². The topological polar surface area (TPSA) is 35.5 Å². The zero-order valence-corrected chi connectivity index (χ0v) is 14.5. The van der Waals surface area contributed by atoms with Gasteiger partial charge in [0.15, 0.2) is 0 Å². The number of hydrogen-bond acceptors (Lipinski definition) is 3. The van der Waals surface area contributed by atoms with Crippen molar-refractivity contribution in [3.8, 4) is 5.75 Å². The minimum Gasteiger partial charge on any atom is -0.506 e. The van der Waals surface area contributed by atoms with E-state index >= 15 is 0 Å². The van der Waals surface area contributed by atoms with Gasteiger partial charge in [-0.2, -0.15) is 0 Å². The van der Waals surface area contributed by atoms with Gasteiger partial charge >= 0.3 is 0 Å². The molecular weight excluding hydrogens is 384 g/mol. The SMILES string of the molecule is CN(C)c1ccc(Br)cc1NCc1cccc(Br)c1O. The van der Waals surface area contributed by atoms with Gasteiger partial charge in [0.1, 0.15) is 5.75 Å². The highest BCUT2D eigenvalue weighted by Crippen LogP contribution is 2.31. The van der Waals surface area contributed by atoms with E-state index in [4.69, 9.17) is 0 Å².